The summed E-state index contributed by atoms with van der Waals surface area (Å²) < 4.78 is 5.45. The van der Waals surface area contributed by atoms with Crippen molar-refractivity contribution in [2.75, 3.05) is 44.1 Å². The zero-order valence-corrected chi connectivity index (χ0v) is 11.9. The van der Waals surface area contributed by atoms with Gasteiger partial charge in [0.2, 0.25) is 5.95 Å². The molecule has 1 aliphatic heterocycles. The summed E-state index contributed by atoms with van der Waals surface area (Å²) in [6.45, 7) is 1.53. The maximum Gasteiger partial charge on any atom is 0.226 e. The number of rotatable bonds is 4. The van der Waals surface area contributed by atoms with E-state index in [4.69, 9.17) is 10.5 Å². The minimum Gasteiger partial charge on any atom is -0.381 e. The van der Waals surface area contributed by atoms with Gasteiger partial charge in [0, 0.05) is 46.5 Å². The van der Waals surface area contributed by atoms with Crippen molar-refractivity contribution in [3.63, 3.8) is 0 Å². The minimum atomic E-state index is 0.281. The molecule has 0 radical (unpaired) electrons. The molecule has 19 heavy (non-hydrogen) atoms. The number of nitrogens with zero attached hydrogens (tertiary/aromatic N) is 4. The van der Waals surface area contributed by atoms with E-state index in [1.807, 2.05) is 25.1 Å². The Labute approximate surface area is 114 Å². The zero-order chi connectivity index (χ0) is 13.8. The van der Waals surface area contributed by atoms with Crippen LogP contribution in [0.2, 0.25) is 0 Å². The van der Waals surface area contributed by atoms with Gasteiger partial charge in [-0.1, -0.05) is 0 Å². The molecule has 6 nitrogen and oxygen atoms in total. The van der Waals surface area contributed by atoms with Crippen LogP contribution in [0.15, 0.2) is 12.3 Å². The number of ether oxygens (including phenoxy) is 1. The second kappa shape index (κ2) is 6.16. The lowest BCUT2D eigenvalue weighted by Gasteiger charge is -2.39. The van der Waals surface area contributed by atoms with Gasteiger partial charge in [0.1, 0.15) is 5.82 Å². The standard InChI is InChI=1S/C13H23N5O/c1-17(2)13-15-6-4-12(16-13)18-7-5-11(19-3)8-10(18)9-14/h4,6,10-11H,5,7-9,14H2,1-3H3. The van der Waals surface area contributed by atoms with Crippen molar-refractivity contribution in [1.29, 1.82) is 0 Å². The Morgan fingerprint density at radius 2 is 2.32 bits per heavy atom. The summed E-state index contributed by atoms with van der Waals surface area (Å²) in [5, 5.41) is 0. The van der Waals surface area contributed by atoms with Crippen LogP contribution < -0.4 is 15.5 Å². The first kappa shape index (κ1) is 14.0. The highest BCUT2D eigenvalue weighted by Crippen LogP contribution is 2.24. The van der Waals surface area contributed by atoms with Gasteiger partial charge in [0.25, 0.3) is 0 Å². The van der Waals surface area contributed by atoms with Crippen molar-refractivity contribution in [2.45, 2.75) is 25.0 Å². The summed E-state index contributed by atoms with van der Waals surface area (Å²) in [5.41, 5.74) is 5.89. The maximum absolute atomic E-state index is 5.89. The van der Waals surface area contributed by atoms with Gasteiger partial charge < -0.3 is 20.3 Å². The number of nitrogens with two attached hydrogens (primary N) is 1. The van der Waals surface area contributed by atoms with Crippen molar-refractivity contribution in [2.24, 2.45) is 5.73 Å². The van der Waals surface area contributed by atoms with E-state index in [-0.39, 0.29) is 6.04 Å². The SMILES string of the molecule is COC1CCN(c2ccnc(N(C)C)n2)C(CN)C1. The van der Waals surface area contributed by atoms with Gasteiger partial charge in [0.05, 0.1) is 6.10 Å². The van der Waals surface area contributed by atoms with E-state index in [2.05, 4.69) is 14.9 Å². The highest BCUT2D eigenvalue weighted by atomic mass is 16.5. The summed E-state index contributed by atoms with van der Waals surface area (Å²) in [6, 6.07) is 2.23. The second-order valence-corrected chi connectivity index (χ2v) is 5.07. The van der Waals surface area contributed by atoms with E-state index in [0.717, 1.165) is 31.2 Å². The first-order valence-corrected chi connectivity index (χ1v) is 6.65. The summed E-state index contributed by atoms with van der Waals surface area (Å²) in [5.74, 6) is 1.67. The fourth-order valence-electron chi connectivity index (χ4n) is 2.47. The van der Waals surface area contributed by atoms with Crippen LogP contribution in [-0.4, -0.2) is 56.4 Å². The molecule has 1 aliphatic rings. The van der Waals surface area contributed by atoms with Gasteiger partial charge in [0.15, 0.2) is 0 Å². The second-order valence-electron chi connectivity index (χ2n) is 5.07. The van der Waals surface area contributed by atoms with Crippen molar-refractivity contribution in [3.8, 4) is 0 Å². The molecule has 6 heteroatoms. The largest absolute Gasteiger partial charge is 0.381 e. The molecule has 2 rings (SSSR count). The number of hydrogen-bond donors (Lipinski definition) is 1. The molecular formula is C13H23N5O. The molecular weight excluding hydrogens is 242 g/mol. The van der Waals surface area contributed by atoms with Crippen LogP contribution in [0, 0.1) is 0 Å². The van der Waals surface area contributed by atoms with Crippen LogP contribution in [0.5, 0.6) is 0 Å². The molecule has 2 unspecified atom stereocenters. The number of anilines is 2. The smallest absolute Gasteiger partial charge is 0.226 e. The van der Waals surface area contributed by atoms with E-state index < -0.39 is 0 Å². The lowest BCUT2D eigenvalue weighted by Crippen LogP contribution is -2.49. The van der Waals surface area contributed by atoms with Gasteiger partial charge in [-0.05, 0) is 18.9 Å². The number of piperidine rings is 1. The van der Waals surface area contributed by atoms with Crippen LogP contribution in [0.25, 0.3) is 0 Å². The van der Waals surface area contributed by atoms with Gasteiger partial charge in [-0.15, -0.1) is 0 Å². The zero-order valence-electron chi connectivity index (χ0n) is 11.9. The van der Waals surface area contributed by atoms with Crippen molar-refractivity contribution in [3.05, 3.63) is 12.3 Å². The van der Waals surface area contributed by atoms with E-state index in [0.29, 0.717) is 12.6 Å². The molecule has 1 fully saturated rings. The van der Waals surface area contributed by atoms with E-state index in [1.54, 1.807) is 13.3 Å². The van der Waals surface area contributed by atoms with Crippen molar-refractivity contribution < 1.29 is 4.74 Å². The Morgan fingerprint density at radius 1 is 1.53 bits per heavy atom. The molecule has 2 heterocycles. The average Bonchev–Trinajstić information content (AvgIpc) is 2.46. The molecule has 106 valence electrons. The molecule has 2 atom stereocenters. The third-order valence-electron chi connectivity index (χ3n) is 3.60. The Balaban J connectivity index is 2.18. The Hall–Kier alpha value is -1.40. The third-order valence-corrected chi connectivity index (χ3v) is 3.60. The normalized spacial score (nSPS) is 23.5. The fourth-order valence-corrected chi connectivity index (χ4v) is 2.47. The Bertz CT molecular complexity index is 412. The Kier molecular flexibility index (Phi) is 4.55. The predicted molar refractivity (Wildman–Crippen MR) is 76.6 cm³/mol. The molecule has 0 aromatic carbocycles. The molecule has 1 aromatic rings. The molecule has 1 aromatic heterocycles. The molecule has 1 saturated heterocycles. The van der Waals surface area contributed by atoms with Gasteiger partial charge >= 0.3 is 0 Å². The van der Waals surface area contributed by atoms with E-state index in [9.17, 15) is 0 Å². The molecule has 0 saturated carbocycles. The van der Waals surface area contributed by atoms with Gasteiger partial charge in [-0.3, -0.25) is 0 Å². The summed E-state index contributed by atoms with van der Waals surface area (Å²) in [7, 11) is 5.65. The van der Waals surface area contributed by atoms with Gasteiger partial charge in [-0.25, -0.2) is 4.98 Å². The molecule has 0 bridgehead atoms. The molecule has 0 spiro atoms. The van der Waals surface area contributed by atoms with Crippen LogP contribution in [0.4, 0.5) is 11.8 Å². The van der Waals surface area contributed by atoms with Crippen LogP contribution in [0.3, 0.4) is 0 Å². The maximum atomic E-state index is 5.89. The lowest BCUT2D eigenvalue weighted by molar-refractivity contribution is 0.0708. The average molecular weight is 265 g/mol. The van der Waals surface area contributed by atoms with Crippen LogP contribution in [0.1, 0.15) is 12.8 Å². The highest BCUT2D eigenvalue weighted by molar-refractivity contribution is 5.44. The minimum absolute atomic E-state index is 0.281. The first-order chi connectivity index (χ1) is 9.15. The summed E-state index contributed by atoms with van der Waals surface area (Å²) in [6.07, 6.45) is 4.07. The predicted octanol–water partition coefficient (Wildman–Crippen LogP) is 0.485. The Morgan fingerprint density at radius 3 is 2.95 bits per heavy atom. The molecule has 2 N–H and O–H groups in total. The quantitative estimate of drug-likeness (QED) is 0.854. The van der Waals surface area contributed by atoms with Crippen molar-refractivity contribution >= 4 is 11.8 Å². The fraction of sp³-hybridized carbons (Fsp3) is 0.692. The number of hydrogen-bond acceptors (Lipinski definition) is 6. The third kappa shape index (κ3) is 3.13. The van der Waals surface area contributed by atoms with Crippen LogP contribution in [-0.2, 0) is 4.74 Å². The highest BCUT2D eigenvalue weighted by Gasteiger charge is 2.28. The molecule has 0 amide bonds. The monoisotopic (exact) mass is 265 g/mol. The topological polar surface area (TPSA) is 67.5 Å². The van der Waals surface area contributed by atoms with E-state index >= 15 is 0 Å². The van der Waals surface area contributed by atoms with Gasteiger partial charge in [-0.2, -0.15) is 4.98 Å². The first-order valence-electron chi connectivity index (χ1n) is 6.65. The van der Waals surface area contributed by atoms with Crippen molar-refractivity contribution in [1.82, 2.24) is 9.97 Å². The number of aromatic nitrogens is 2. The van der Waals surface area contributed by atoms with E-state index in [1.165, 1.54) is 0 Å². The molecule has 0 aliphatic carbocycles. The lowest BCUT2D eigenvalue weighted by atomic mass is 9.99. The summed E-state index contributed by atoms with van der Waals surface area (Å²) in [4.78, 5) is 13.0. The number of methoxy groups -OCH3 is 1. The van der Waals surface area contributed by atoms with Crippen LogP contribution >= 0.6 is 0 Å². The summed E-state index contributed by atoms with van der Waals surface area (Å²) >= 11 is 0.